The summed E-state index contributed by atoms with van der Waals surface area (Å²) in [7, 11) is -9.93. The number of hydrogen-bond acceptors (Lipinski definition) is 15. The summed E-state index contributed by atoms with van der Waals surface area (Å²) in [6.07, 6.45) is 68.1. The van der Waals surface area contributed by atoms with Crippen LogP contribution in [0.1, 0.15) is 452 Å². The average molecular weight is 1520 g/mol. The van der Waals surface area contributed by atoms with E-state index < -0.39 is 97.5 Å². The van der Waals surface area contributed by atoms with E-state index in [-0.39, 0.29) is 25.7 Å². The van der Waals surface area contributed by atoms with Crippen LogP contribution in [-0.4, -0.2) is 96.7 Å². The number of aliphatic hydroxyl groups is 1. The summed E-state index contributed by atoms with van der Waals surface area (Å²) in [6.45, 7) is 9.66. The molecule has 0 saturated heterocycles. The molecule has 0 saturated carbocycles. The number of hydrogen-bond donors (Lipinski definition) is 3. The predicted octanol–water partition coefficient (Wildman–Crippen LogP) is 25.8. The number of carbonyl (C=O) groups excluding carboxylic acids is 4. The Morgan fingerprint density at radius 1 is 0.279 bits per heavy atom. The fourth-order valence-corrected chi connectivity index (χ4v) is 14.8. The quantitative estimate of drug-likeness (QED) is 0.0222. The molecule has 0 aromatic carbocycles. The predicted molar refractivity (Wildman–Crippen MR) is 428 cm³/mol. The molecule has 17 nitrogen and oxygen atoms in total. The highest BCUT2D eigenvalue weighted by molar-refractivity contribution is 7.47. The van der Waals surface area contributed by atoms with Crippen LogP contribution in [0.4, 0.5) is 0 Å². The maximum atomic E-state index is 13.1. The topological polar surface area (TPSA) is 237 Å². The van der Waals surface area contributed by atoms with Crippen LogP contribution in [0.5, 0.6) is 0 Å². The summed E-state index contributed by atoms with van der Waals surface area (Å²) >= 11 is 0. The Hall–Kier alpha value is -1.94. The normalized spacial score (nSPS) is 14.1. The average Bonchev–Trinajstić information content (AvgIpc) is 0.909. The zero-order valence-electron chi connectivity index (χ0n) is 68.3. The monoisotopic (exact) mass is 1520 g/mol. The van der Waals surface area contributed by atoms with Gasteiger partial charge in [0, 0.05) is 25.7 Å². The third-order valence-electron chi connectivity index (χ3n) is 20.3. The molecule has 0 radical (unpaired) electrons. The van der Waals surface area contributed by atoms with Gasteiger partial charge in [-0.25, -0.2) is 9.13 Å². The lowest BCUT2D eigenvalue weighted by Gasteiger charge is -2.21. The number of phosphoric ester groups is 2. The van der Waals surface area contributed by atoms with Crippen molar-refractivity contribution in [1.82, 2.24) is 0 Å². The fraction of sp³-hybridized carbons (Fsp3) is 0.953. The van der Waals surface area contributed by atoms with Gasteiger partial charge in [0.1, 0.15) is 19.3 Å². The standard InChI is InChI=1S/C85H166O17P2/c1-7-10-12-14-16-18-20-22-24-26-28-32-36-40-44-48-55-61-67-82(87)95-73-80(101-84(89)69-63-58-50-46-42-38-34-30-29-31-35-39-43-47-53-59-65-77(4)5)75-99-103(91,92)97-71-79(86)72-98-104(93,94)100-76-81(74-96-83(88)68-62-56-52-51-54-60-66-78(6)9-3)102-85(90)70-64-57-49-45-41-37-33-27-25-23-21-19-17-15-13-11-8-2/h77-81,86H,7-76H2,1-6H3,(H,91,92)(H,93,94)/t78?,79-,80-,81-/m1/s1. The van der Waals surface area contributed by atoms with E-state index >= 15 is 0 Å². The molecule has 0 aliphatic rings. The number of phosphoric acid groups is 2. The van der Waals surface area contributed by atoms with Crippen molar-refractivity contribution in [3.05, 3.63) is 0 Å². The number of aliphatic hydroxyl groups excluding tert-OH is 1. The minimum atomic E-state index is -4.97. The number of esters is 4. The summed E-state index contributed by atoms with van der Waals surface area (Å²) in [6, 6.07) is 0. The fourth-order valence-electron chi connectivity index (χ4n) is 13.2. The molecule has 0 bridgehead atoms. The van der Waals surface area contributed by atoms with Gasteiger partial charge in [-0.3, -0.25) is 37.3 Å². The molecule has 3 unspecified atom stereocenters. The Balaban J connectivity index is 5.24. The first kappa shape index (κ1) is 102. The molecule has 0 spiro atoms. The summed E-state index contributed by atoms with van der Waals surface area (Å²) in [5.41, 5.74) is 0. The van der Waals surface area contributed by atoms with Gasteiger partial charge in [0.15, 0.2) is 12.2 Å². The molecular weight excluding hydrogens is 1350 g/mol. The molecular formula is C85H166O17P2. The number of unbranched alkanes of at least 4 members (excludes halogenated alkanes) is 53. The van der Waals surface area contributed by atoms with Crippen LogP contribution < -0.4 is 0 Å². The molecule has 0 heterocycles. The molecule has 104 heavy (non-hydrogen) atoms. The third-order valence-corrected chi connectivity index (χ3v) is 22.2. The molecule has 0 aromatic heterocycles. The van der Waals surface area contributed by atoms with Gasteiger partial charge in [-0.2, -0.15) is 0 Å². The Bertz CT molecular complexity index is 2000. The second-order valence-corrected chi connectivity index (χ2v) is 34.2. The van der Waals surface area contributed by atoms with E-state index in [1.165, 1.54) is 263 Å². The molecule has 19 heteroatoms. The minimum absolute atomic E-state index is 0.108. The third kappa shape index (κ3) is 76.8. The van der Waals surface area contributed by atoms with Crippen molar-refractivity contribution in [2.75, 3.05) is 39.6 Å². The van der Waals surface area contributed by atoms with E-state index in [1.54, 1.807) is 0 Å². The van der Waals surface area contributed by atoms with Crippen molar-refractivity contribution in [2.24, 2.45) is 11.8 Å². The highest BCUT2D eigenvalue weighted by Gasteiger charge is 2.30. The molecule has 3 N–H and O–H groups in total. The van der Waals surface area contributed by atoms with Crippen LogP contribution in [-0.2, 0) is 65.4 Å². The first-order valence-electron chi connectivity index (χ1n) is 44.0. The highest BCUT2D eigenvalue weighted by atomic mass is 31.2. The molecule has 0 aromatic rings. The second kappa shape index (κ2) is 76.4. The van der Waals surface area contributed by atoms with Gasteiger partial charge in [-0.05, 0) is 37.5 Å². The van der Waals surface area contributed by atoms with Crippen molar-refractivity contribution in [3.63, 3.8) is 0 Å². The number of carbonyl (C=O) groups is 4. The molecule has 0 aliphatic carbocycles. The maximum Gasteiger partial charge on any atom is 0.472 e. The van der Waals surface area contributed by atoms with E-state index in [4.69, 9.17) is 37.0 Å². The van der Waals surface area contributed by atoms with Crippen LogP contribution in [0, 0.1) is 11.8 Å². The van der Waals surface area contributed by atoms with Gasteiger partial charge in [0.2, 0.25) is 0 Å². The van der Waals surface area contributed by atoms with Crippen LogP contribution in [0.2, 0.25) is 0 Å². The molecule has 0 fully saturated rings. The lowest BCUT2D eigenvalue weighted by Crippen LogP contribution is -2.30. The second-order valence-electron chi connectivity index (χ2n) is 31.3. The lowest BCUT2D eigenvalue weighted by molar-refractivity contribution is -0.161. The Labute approximate surface area is 638 Å². The zero-order chi connectivity index (χ0) is 76.4. The van der Waals surface area contributed by atoms with Crippen molar-refractivity contribution >= 4 is 39.5 Å². The zero-order valence-corrected chi connectivity index (χ0v) is 70.1. The van der Waals surface area contributed by atoms with Crippen molar-refractivity contribution < 1.29 is 80.2 Å². The van der Waals surface area contributed by atoms with Gasteiger partial charge in [0.05, 0.1) is 26.4 Å². The summed E-state index contributed by atoms with van der Waals surface area (Å²) in [5.74, 6) is -0.564. The van der Waals surface area contributed by atoms with Gasteiger partial charge in [-0.1, -0.05) is 401 Å². The van der Waals surface area contributed by atoms with E-state index in [0.29, 0.717) is 25.7 Å². The Kier molecular flexibility index (Phi) is 75.0. The molecule has 6 atom stereocenters. The molecule has 0 rings (SSSR count). The largest absolute Gasteiger partial charge is 0.472 e. The van der Waals surface area contributed by atoms with E-state index in [1.807, 2.05) is 0 Å². The smallest absolute Gasteiger partial charge is 0.462 e. The van der Waals surface area contributed by atoms with E-state index in [2.05, 4.69) is 41.5 Å². The summed E-state index contributed by atoms with van der Waals surface area (Å²) in [4.78, 5) is 73.2. The SMILES string of the molecule is CCCCCCCCCCCCCCCCCCCCC(=O)OC[C@H](COP(=O)(O)OC[C@@H](O)COP(=O)(O)OC[C@@H](COC(=O)CCCCCCCCC(C)CC)OC(=O)CCCCCCCCCCCCCCCCCCC)OC(=O)CCCCCCCCCCCCCCCCCCC(C)C. The van der Waals surface area contributed by atoms with Crippen molar-refractivity contribution in [2.45, 2.75) is 471 Å². The first-order valence-corrected chi connectivity index (χ1v) is 47.0. The maximum absolute atomic E-state index is 13.1. The van der Waals surface area contributed by atoms with E-state index in [0.717, 1.165) is 108 Å². The van der Waals surface area contributed by atoms with Crippen molar-refractivity contribution in [3.8, 4) is 0 Å². The molecule has 0 aliphatic heterocycles. The number of rotatable bonds is 84. The first-order chi connectivity index (χ1) is 50.4. The number of ether oxygens (including phenoxy) is 4. The van der Waals surface area contributed by atoms with Gasteiger partial charge in [0.25, 0.3) is 0 Å². The van der Waals surface area contributed by atoms with Crippen molar-refractivity contribution in [1.29, 1.82) is 0 Å². The summed E-state index contributed by atoms with van der Waals surface area (Å²) < 4.78 is 68.9. The van der Waals surface area contributed by atoms with Crippen LogP contribution >= 0.6 is 15.6 Å². The van der Waals surface area contributed by atoms with Crippen LogP contribution in [0.15, 0.2) is 0 Å². The minimum Gasteiger partial charge on any atom is -0.462 e. The lowest BCUT2D eigenvalue weighted by atomic mass is 10.00. The van der Waals surface area contributed by atoms with Gasteiger partial charge < -0.3 is 33.8 Å². The van der Waals surface area contributed by atoms with Gasteiger partial charge in [-0.15, -0.1) is 0 Å². The van der Waals surface area contributed by atoms with Crippen LogP contribution in [0.25, 0.3) is 0 Å². The van der Waals surface area contributed by atoms with Crippen LogP contribution in [0.3, 0.4) is 0 Å². The summed E-state index contributed by atoms with van der Waals surface area (Å²) in [5, 5.41) is 10.7. The molecule has 618 valence electrons. The van der Waals surface area contributed by atoms with E-state index in [9.17, 15) is 43.2 Å². The Morgan fingerprint density at radius 3 is 0.731 bits per heavy atom. The highest BCUT2D eigenvalue weighted by Crippen LogP contribution is 2.45. The molecule has 0 amide bonds. The Morgan fingerprint density at radius 2 is 0.490 bits per heavy atom. The van der Waals surface area contributed by atoms with Gasteiger partial charge >= 0.3 is 39.5 Å².